The number of carbonyl (C=O) groups is 2. The highest BCUT2D eigenvalue weighted by atomic mass is 35.5. The molecule has 2 aromatic carbocycles. The molecule has 0 bridgehead atoms. The molecule has 1 unspecified atom stereocenters. The fourth-order valence-electron chi connectivity index (χ4n) is 4.47. The van der Waals surface area contributed by atoms with Crippen molar-refractivity contribution in [3.63, 3.8) is 0 Å². The summed E-state index contributed by atoms with van der Waals surface area (Å²) >= 11 is 6.36. The molecule has 2 atom stereocenters. The van der Waals surface area contributed by atoms with Crippen molar-refractivity contribution in [2.75, 3.05) is 6.54 Å². The summed E-state index contributed by atoms with van der Waals surface area (Å²) in [7, 11) is 0. The van der Waals surface area contributed by atoms with Crippen molar-refractivity contribution >= 4 is 29.1 Å². The van der Waals surface area contributed by atoms with E-state index in [-0.39, 0.29) is 31.9 Å². The van der Waals surface area contributed by atoms with Gasteiger partial charge >= 0.3 is 0 Å². The van der Waals surface area contributed by atoms with Gasteiger partial charge in [-0.1, -0.05) is 49.4 Å². The number of aliphatic hydroxyl groups is 1. The van der Waals surface area contributed by atoms with Crippen molar-refractivity contribution in [3.05, 3.63) is 88.7 Å². The number of halogens is 1. The Balaban J connectivity index is 0.00000506. The molecule has 0 saturated carbocycles. The minimum absolute atomic E-state index is 0. The largest absolute Gasteiger partial charge is 0.489 e. The Morgan fingerprint density at radius 3 is 2.42 bits per heavy atom. The van der Waals surface area contributed by atoms with Crippen LogP contribution in [0.5, 0.6) is 5.75 Å². The molecule has 5 N–H and O–H groups in total. The van der Waals surface area contributed by atoms with Crippen molar-refractivity contribution < 1.29 is 19.4 Å². The fourth-order valence-corrected chi connectivity index (χ4v) is 4.70. The molecule has 230 valence electrons. The topological polar surface area (TPSA) is 131 Å². The number of nitrogens with zero attached hydrogens (tertiary/aromatic N) is 2. The first-order chi connectivity index (χ1) is 19.8. The van der Waals surface area contributed by atoms with Crippen LogP contribution in [0.3, 0.4) is 0 Å². The second-order valence-electron chi connectivity index (χ2n) is 11.3. The van der Waals surface area contributed by atoms with Crippen molar-refractivity contribution in [2.24, 2.45) is 5.73 Å². The Bertz CT molecular complexity index is 1560. The van der Waals surface area contributed by atoms with E-state index in [1.165, 1.54) is 0 Å². The number of fused-ring (bicyclic) bond motifs is 1. The highest BCUT2D eigenvalue weighted by Crippen LogP contribution is 2.27. The number of hydrogen-bond acceptors (Lipinski definition) is 6. The molecule has 0 radical (unpaired) electrons. The van der Waals surface area contributed by atoms with Crippen LogP contribution in [-0.2, 0) is 11.2 Å². The molecular formula is C33H42ClN5O4. The molecule has 2 amide bonds. The van der Waals surface area contributed by atoms with Gasteiger partial charge in [0.05, 0.1) is 34.5 Å². The lowest BCUT2D eigenvalue weighted by Crippen LogP contribution is -2.53. The third-order valence-electron chi connectivity index (χ3n) is 6.68. The molecule has 2 aromatic heterocycles. The summed E-state index contributed by atoms with van der Waals surface area (Å²) in [4.78, 5) is 30.4. The van der Waals surface area contributed by atoms with Gasteiger partial charge in [0, 0.05) is 35.6 Å². The van der Waals surface area contributed by atoms with Gasteiger partial charge in [0.15, 0.2) is 0 Å². The summed E-state index contributed by atoms with van der Waals surface area (Å²) in [5, 5.41) is 16.3. The number of amides is 2. The number of ether oxygens (including phenoxy) is 1. The standard InChI is InChI=1S/C32H38ClN5O4.CH4/c1-19(2)42-28-13-12-23(16-26(28)33)30(40)36-24(17-35-31(41)32(4,5)34)15-21-8-10-22(11-9-21)27-18-38-14-6-7-25(20(3)39)29(38)37-27;/h6-14,16,18-20,24,39H,15,17,34H2,1-5H3,(H,35,41)(H,36,40);1H4/t20?,24-;/m0./s1. The van der Waals surface area contributed by atoms with E-state index in [4.69, 9.17) is 27.1 Å². The van der Waals surface area contributed by atoms with Crippen LogP contribution in [0.4, 0.5) is 0 Å². The molecule has 0 saturated heterocycles. The second-order valence-corrected chi connectivity index (χ2v) is 11.7. The number of imidazole rings is 1. The van der Waals surface area contributed by atoms with E-state index >= 15 is 0 Å². The zero-order valence-electron chi connectivity index (χ0n) is 24.5. The Morgan fingerprint density at radius 2 is 1.81 bits per heavy atom. The van der Waals surface area contributed by atoms with Gasteiger partial charge in [-0.25, -0.2) is 4.98 Å². The summed E-state index contributed by atoms with van der Waals surface area (Å²) in [5.74, 6) is -0.141. The van der Waals surface area contributed by atoms with Crippen LogP contribution in [0.15, 0.2) is 67.0 Å². The van der Waals surface area contributed by atoms with E-state index in [2.05, 4.69) is 10.6 Å². The lowest BCUT2D eigenvalue weighted by Gasteiger charge is -2.23. The first kappa shape index (κ1) is 33.6. The summed E-state index contributed by atoms with van der Waals surface area (Å²) in [6.45, 7) is 8.95. The van der Waals surface area contributed by atoms with E-state index in [9.17, 15) is 14.7 Å². The van der Waals surface area contributed by atoms with Crippen molar-refractivity contribution in [1.29, 1.82) is 0 Å². The maximum atomic E-state index is 13.2. The number of nitrogens with one attached hydrogen (secondary N) is 2. The van der Waals surface area contributed by atoms with E-state index in [1.807, 2.05) is 67.0 Å². The predicted molar refractivity (Wildman–Crippen MR) is 171 cm³/mol. The van der Waals surface area contributed by atoms with E-state index in [0.717, 1.165) is 22.4 Å². The molecule has 2 heterocycles. The monoisotopic (exact) mass is 607 g/mol. The molecule has 4 aromatic rings. The maximum absolute atomic E-state index is 13.2. The molecule has 0 aliphatic carbocycles. The van der Waals surface area contributed by atoms with E-state index in [0.29, 0.717) is 28.4 Å². The van der Waals surface area contributed by atoms with Crippen molar-refractivity contribution in [2.45, 2.75) is 72.3 Å². The number of carbonyl (C=O) groups excluding carboxylic acids is 2. The normalized spacial score (nSPS) is 12.9. The molecule has 0 spiro atoms. The number of nitrogens with two attached hydrogens (primary N) is 1. The highest BCUT2D eigenvalue weighted by Gasteiger charge is 2.24. The number of aliphatic hydroxyl groups excluding tert-OH is 1. The van der Waals surface area contributed by atoms with Gasteiger partial charge in [0.25, 0.3) is 5.91 Å². The van der Waals surface area contributed by atoms with Gasteiger partial charge in [-0.15, -0.1) is 0 Å². The average Bonchev–Trinajstić information content (AvgIpc) is 3.36. The number of pyridine rings is 1. The first-order valence-electron chi connectivity index (χ1n) is 13.9. The summed E-state index contributed by atoms with van der Waals surface area (Å²) in [6, 6.07) is 16.1. The lowest BCUT2D eigenvalue weighted by atomic mass is 10.0. The van der Waals surface area contributed by atoms with Gasteiger partial charge in [-0.2, -0.15) is 0 Å². The van der Waals surface area contributed by atoms with Gasteiger partial charge in [-0.3, -0.25) is 9.59 Å². The van der Waals surface area contributed by atoms with Crippen LogP contribution in [0.2, 0.25) is 5.02 Å². The van der Waals surface area contributed by atoms with Crippen LogP contribution in [-0.4, -0.2) is 50.5 Å². The average molecular weight is 608 g/mol. The SMILES string of the molecule is C.CC(C)Oc1ccc(C(=O)N[C@H](CNC(=O)C(C)(C)N)Cc2ccc(-c3cn4cccc(C(C)O)c4n3)cc2)cc1Cl. The first-order valence-corrected chi connectivity index (χ1v) is 14.3. The van der Waals surface area contributed by atoms with Crippen LogP contribution in [0.25, 0.3) is 16.9 Å². The number of benzene rings is 2. The zero-order valence-corrected chi connectivity index (χ0v) is 25.3. The second kappa shape index (κ2) is 14.0. The minimum Gasteiger partial charge on any atom is -0.489 e. The van der Waals surface area contributed by atoms with E-state index < -0.39 is 17.7 Å². The molecular weight excluding hydrogens is 566 g/mol. The lowest BCUT2D eigenvalue weighted by molar-refractivity contribution is -0.125. The van der Waals surface area contributed by atoms with Crippen LogP contribution < -0.4 is 21.1 Å². The Hall–Kier alpha value is -3.92. The molecule has 0 fully saturated rings. The molecule has 9 nitrogen and oxygen atoms in total. The smallest absolute Gasteiger partial charge is 0.251 e. The third-order valence-corrected chi connectivity index (χ3v) is 6.98. The number of aromatic nitrogens is 2. The van der Waals surface area contributed by atoms with Crippen LogP contribution >= 0.6 is 11.6 Å². The Labute approximate surface area is 258 Å². The summed E-state index contributed by atoms with van der Waals surface area (Å²) in [5.41, 5.74) is 9.38. The van der Waals surface area contributed by atoms with Crippen molar-refractivity contribution in [1.82, 2.24) is 20.0 Å². The summed E-state index contributed by atoms with van der Waals surface area (Å²) < 4.78 is 7.57. The zero-order chi connectivity index (χ0) is 30.6. The maximum Gasteiger partial charge on any atom is 0.251 e. The quantitative estimate of drug-likeness (QED) is 0.182. The number of hydrogen-bond donors (Lipinski definition) is 4. The molecule has 4 rings (SSSR count). The minimum atomic E-state index is -1.06. The van der Waals surface area contributed by atoms with Gasteiger partial charge < -0.3 is 30.6 Å². The Kier molecular flexibility index (Phi) is 11.0. The van der Waals surface area contributed by atoms with Gasteiger partial charge in [0.1, 0.15) is 11.4 Å². The van der Waals surface area contributed by atoms with Gasteiger partial charge in [0.2, 0.25) is 5.91 Å². The molecule has 0 aliphatic rings. The summed E-state index contributed by atoms with van der Waals surface area (Å²) in [6.07, 6.45) is 3.59. The van der Waals surface area contributed by atoms with Crippen LogP contribution in [0.1, 0.15) is 69.6 Å². The van der Waals surface area contributed by atoms with Crippen LogP contribution in [0, 0.1) is 0 Å². The van der Waals surface area contributed by atoms with Crippen molar-refractivity contribution in [3.8, 4) is 17.0 Å². The molecule has 43 heavy (non-hydrogen) atoms. The highest BCUT2D eigenvalue weighted by molar-refractivity contribution is 6.32. The predicted octanol–water partition coefficient (Wildman–Crippen LogP) is 5.33. The molecule has 0 aliphatic heterocycles. The Morgan fingerprint density at radius 1 is 1.12 bits per heavy atom. The number of rotatable bonds is 11. The fraction of sp³-hybridized carbons (Fsp3) is 0.364. The van der Waals surface area contributed by atoms with E-state index in [1.54, 1.807) is 39.0 Å². The third kappa shape index (κ3) is 8.56. The van der Waals surface area contributed by atoms with Gasteiger partial charge in [-0.05, 0) is 70.9 Å². The molecule has 10 heteroatoms.